The van der Waals surface area contributed by atoms with Crippen LogP contribution in [-0.4, -0.2) is 35.5 Å². The van der Waals surface area contributed by atoms with Crippen molar-refractivity contribution in [2.75, 3.05) is 12.3 Å². The molecule has 8 heteroatoms. The van der Waals surface area contributed by atoms with E-state index in [9.17, 15) is 8.42 Å². The van der Waals surface area contributed by atoms with E-state index in [4.69, 9.17) is 5.73 Å². The summed E-state index contributed by atoms with van der Waals surface area (Å²) in [6.07, 6.45) is 2.24. The van der Waals surface area contributed by atoms with E-state index in [1.807, 2.05) is 6.07 Å². The van der Waals surface area contributed by atoms with Gasteiger partial charge in [-0.25, -0.2) is 13.1 Å². The number of nitrogens with two attached hydrogens (primary N) is 1. The number of nitrogens with zero attached hydrogens (tertiary/aromatic N) is 2. The molecule has 0 saturated heterocycles. The second-order valence-electron chi connectivity index (χ2n) is 3.32. The molecule has 0 aliphatic heterocycles. The van der Waals surface area contributed by atoms with Crippen LogP contribution in [0.15, 0.2) is 12.3 Å². The van der Waals surface area contributed by atoms with E-state index in [0.717, 1.165) is 5.69 Å². The summed E-state index contributed by atoms with van der Waals surface area (Å²) in [5.41, 5.74) is 6.12. The minimum Gasteiger partial charge on any atom is -0.392 e. The molecule has 90 valence electrons. The second kappa shape index (κ2) is 5.37. The van der Waals surface area contributed by atoms with E-state index in [2.05, 4.69) is 22.0 Å². The Hall–Kier alpha value is -0.990. The number of nitrogens with one attached hydrogen (secondary N) is 1. The van der Waals surface area contributed by atoms with Crippen molar-refractivity contribution in [3.05, 3.63) is 18.0 Å². The highest BCUT2D eigenvalue weighted by Crippen LogP contribution is 1.96. The van der Waals surface area contributed by atoms with Crippen LogP contribution in [0.5, 0.6) is 0 Å². The van der Waals surface area contributed by atoms with Crippen LogP contribution in [-0.2, 0) is 23.5 Å². The van der Waals surface area contributed by atoms with Gasteiger partial charge in [0.25, 0.3) is 0 Å². The van der Waals surface area contributed by atoms with Gasteiger partial charge in [-0.3, -0.25) is 4.68 Å². The highest BCUT2D eigenvalue weighted by Gasteiger charge is 2.11. The average Bonchev–Trinajstić information content (AvgIpc) is 2.49. The fourth-order valence-corrected chi connectivity index (χ4v) is 2.57. The number of aromatic nitrogens is 2. The van der Waals surface area contributed by atoms with Gasteiger partial charge in [-0.05, 0) is 6.07 Å². The lowest BCUT2D eigenvalue weighted by Crippen LogP contribution is -2.33. The van der Waals surface area contributed by atoms with E-state index in [1.165, 1.54) is 0 Å². The third kappa shape index (κ3) is 4.25. The number of thiocarbonyl (C=S) groups is 1. The van der Waals surface area contributed by atoms with Crippen molar-refractivity contribution in [1.82, 2.24) is 14.5 Å². The Labute approximate surface area is 99.9 Å². The van der Waals surface area contributed by atoms with E-state index < -0.39 is 10.0 Å². The minimum absolute atomic E-state index is 0.0342. The molecule has 16 heavy (non-hydrogen) atoms. The van der Waals surface area contributed by atoms with Gasteiger partial charge in [-0.2, -0.15) is 5.10 Å². The first-order chi connectivity index (χ1) is 7.41. The zero-order valence-corrected chi connectivity index (χ0v) is 10.5. The number of sulfonamides is 1. The molecule has 0 atom stereocenters. The van der Waals surface area contributed by atoms with Gasteiger partial charge in [-0.1, -0.05) is 12.2 Å². The first-order valence-electron chi connectivity index (χ1n) is 4.63. The summed E-state index contributed by atoms with van der Waals surface area (Å²) in [4.78, 5) is -0.0342. The highest BCUT2D eigenvalue weighted by atomic mass is 32.2. The van der Waals surface area contributed by atoms with Crippen molar-refractivity contribution in [2.24, 2.45) is 12.8 Å². The van der Waals surface area contributed by atoms with Gasteiger partial charge in [0.05, 0.1) is 4.99 Å². The maximum Gasteiger partial charge on any atom is 0.218 e. The molecule has 0 aromatic carbocycles. The topological polar surface area (TPSA) is 90.0 Å². The Bertz CT molecular complexity index is 466. The first kappa shape index (κ1) is 13.1. The SMILES string of the molecule is Cn1nccc1CCNS(=O)(=O)CC(N)=S. The number of rotatable bonds is 6. The standard InChI is InChI=1S/C8H14N4O2S2/c1-12-7(2-4-10-12)3-5-11-16(13,14)6-8(9)15/h2,4,11H,3,5-6H2,1H3,(H2,9,15). The van der Waals surface area contributed by atoms with Crippen molar-refractivity contribution < 1.29 is 8.42 Å². The van der Waals surface area contributed by atoms with Crippen LogP contribution in [0.3, 0.4) is 0 Å². The van der Waals surface area contributed by atoms with Gasteiger partial charge in [0.15, 0.2) is 0 Å². The molecule has 1 heterocycles. The molecule has 1 aromatic rings. The third-order valence-corrected chi connectivity index (χ3v) is 3.62. The average molecular weight is 262 g/mol. The maximum absolute atomic E-state index is 11.4. The zero-order valence-electron chi connectivity index (χ0n) is 8.88. The molecule has 0 bridgehead atoms. The van der Waals surface area contributed by atoms with Gasteiger partial charge in [-0.15, -0.1) is 0 Å². The molecular formula is C8H14N4O2S2. The quantitative estimate of drug-likeness (QED) is 0.653. The van der Waals surface area contributed by atoms with E-state index in [0.29, 0.717) is 13.0 Å². The molecule has 0 saturated carbocycles. The summed E-state index contributed by atoms with van der Waals surface area (Å²) < 4.78 is 26.8. The van der Waals surface area contributed by atoms with Gasteiger partial charge < -0.3 is 5.73 Å². The maximum atomic E-state index is 11.4. The van der Waals surface area contributed by atoms with E-state index in [-0.39, 0.29) is 10.7 Å². The van der Waals surface area contributed by atoms with Crippen LogP contribution in [0, 0.1) is 0 Å². The van der Waals surface area contributed by atoms with Crippen LogP contribution < -0.4 is 10.5 Å². The Morgan fingerprint density at radius 1 is 1.69 bits per heavy atom. The summed E-state index contributed by atoms with van der Waals surface area (Å²) in [6, 6.07) is 1.84. The van der Waals surface area contributed by atoms with Crippen LogP contribution >= 0.6 is 12.2 Å². The monoisotopic (exact) mass is 262 g/mol. The molecule has 0 unspecified atom stereocenters. The van der Waals surface area contributed by atoms with Crippen molar-refractivity contribution in [3.63, 3.8) is 0 Å². The smallest absolute Gasteiger partial charge is 0.218 e. The first-order valence-corrected chi connectivity index (χ1v) is 6.69. The van der Waals surface area contributed by atoms with Crippen LogP contribution in [0.1, 0.15) is 5.69 Å². The van der Waals surface area contributed by atoms with Gasteiger partial charge in [0.2, 0.25) is 10.0 Å². The van der Waals surface area contributed by atoms with Crippen molar-refractivity contribution >= 4 is 27.2 Å². The van der Waals surface area contributed by atoms with Gasteiger partial charge in [0.1, 0.15) is 5.75 Å². The number of hydrogen-bond donors (Lipinski definition) is 2. The molecule has 0 spiro atoms. The Morgan fingerprint density at radius 2 is 2.38 bits per heavy atom. The Morgan fingerprint density at radius 3 is 2.88 bits per heavy atom. The van der Waals surface area contributed by atoms with Crippen LogP contribution in [0.25, 0.3) is 0 Å². The minimum atomic E-state index is -3.39. The molecule has 1 rings (SSSR count). The normalized spacial score (nSPS) is 11.6. The van der Waals surface area contributed by atoms with Gasteiger partial charge in [0, 0.05) is 31.9 Å². The molecular weight excluding hydrogens is 248 g/mol. The molecule has 0 aliphatic rings. The van der Waals surface area contributed by atoms with Crippen LogP contribution in [0.4, 0.5) is 0 Å². The van der Waals surface area contributed by atoms with E-state index >= 15 is 0 Å². The predicted octanol–water partition coefficient (Wildman–Crippen LogP) is -0.832. The van der Waals surface area contributed by atoms with Gasteiger partial charge >= 0.3 is 0 Å². The Balaban J connectivity index is 2.42. The third-order valence-electron chi connectivity index (χ3n) is 1.96. The lowest BCUT2D eigenvalue weighted by atomic mass is 10.3. The van der Waals surface area contributed by atoms with Crippen molar-refractivity contribution in [1.29, 1.82) is 0 Å². The second-order valence-corrected chi connectivity index (χ2v) is 5.65. The predicted molar refractivity (Wildman–Crippen MR) is 65.5 cm³/mol. The summed E-state index contributed by atoms with van der Waals surface area (Å²) in [7, 11) is -1.59. The summed E-state index contributed by atoms with van der Waals surface area (Å²) in [6.45, 7) is 0.310. The molecule has 0 amide bonds. The summed E-state index contributed by atoms with van der Waals surface area (Å²) >= 11 is 4.54. The molecule has 1 aromatic heterocycles. The molecule has 0 aliphatic carbocycles. The molecule has 3 N–H and O–H groups in total. The summed E-state index contributed by atoms with van der Waals surface area (Å²) in [5.74, 6) is -0.312. The molecule has 0 radical (unpaired) electrons. The largest absolute Gasteiger partial charge is 0.392 e. The molecule has 6 nitrogen and oxygen atoms in total. The Kier molecular flexibility index (Phi) is 4.39. The number of aryl methyl sites for hydroxylation is 1. The van der Waals surface area contributed by atoms with Crippen molar-refractivity contribution in [2.45, 2.75) is 6.42 Å². The number of hydrogen-bond acceptors (Lipinski definition) is 4. The fraction of sp³-hybridized carbons (Fsp3) is 0.500. The van der Waals surface area contributed by atoms with E-state index in [1.54, 1.807) is 17.9 Å². The molecule has 0 fully saturated rings. The van der Waals surface area contributed by atoms with Crippen molar-refractivity contribution in [3.8, 4) is 0 Å². The lowest BCUT2D eigenvalue weighted by Gasteiger charge is -2.05. The van der Waals surface area contributed by atoms with Crippen LogP contribution in [0.2, 0.25) is 0 Å². The summed E-state index contributed by atoms with van der Waals surface area (Å²) in [5, 5.41) is 3.98. The fourth-order valence-electron chi connectivity index (χ4n) is 1.22. The zero-order chi connectivity index (χ0) is 12.2. The highest BCUT2D eigenvalue weighted by molar-refractivity contribution is 7.92. The lowest BCUT2D eigenvalue weighted by molar-refractivity contribution is 0.584.